The second-order valence-electron chi connectivity index (χ2n) is 5.97. The van der Waals surface area contributed by atoms with Gasteiger partial charge in [-0.15, -0.1) is 11.8 Å². The van der Waals surface area contributed by atoms with Crippen LogP contribution < -0.4 is 16.4 Å². The molecule has 0 radical (unpaired) electrons. The molecule has 1 atom stereocenters. The molecule has 0 bridgehead atoms. The predicted octanol–water partition coefficient (Wildman–Crippen LogP) is 2.07. The van der Waals surface area contributed by atoms with Gasteiger partial charge in [0, 0.05) is 22.9 Å². The van der Waals surface area contributed by atoms with Gasteiger partial charge in [-0.25, -0.2) is 0 Å². The molecule has 1 aliphatic heterocycles. The molecular formula is C17H17ClN6O2S. The highest BCUT2D eigenvalue weighted by molar-refractivity contribution is 8.01. The Labute approximate surface area is 164 Å². The summed E-state index contributed by atoms with van der Waals surface area (Å²) in [6.45, 7) is 0.424. The topological polar surface area (TPSA) is 137 Å². The van der Waals surface area contributed by atoms with Crippen LogP contribution in [0, 0.1) is 11.3 Å². The number of aryl methyl sites for hydroxylation is 1. The molecule has 0 aliphatic carbocycles. The van der Waals surface area contributed by atoms with E-state index >= 15 is 0 Å². The van der Waals surface area contributed by atoms with Crippen LogP contribution in [0.2, 0.25) is 5.02 Å². The van der Waals surface area contributed by atoms with E-state index in [0.29, 0.717) is 41.4 Å². The lowest BCUT2D eigenvalue weighted by Crippen LogP contribution is -2.35. The van der Waals surface area contributed by atoms with Crippen LogP contribution in [0.4, 0.5) is 11.5 Å². The van der Waals surface area contributed by atoms with E-state index < -0.39 is 5.25 Å². The Kier molecular flexibility index (Phi) is 5.88. The highest BCUT2D eigenvalue weighted by Gasteiger charge is 2.29. The maximum absolute atomic E-state index is 12.2. The zero-order valence-electron chi connectivity index (χ0n) is 14.2. The van der Waals surface area contributed by atoms with Crippen molar-refractivity contribution in [3.63, 3.8) is 0 Å². The Balaban J connectivity index is 1.46. The lowest BCUT2D eigenvalue weighted by molar-refractivity contribution is -0.124. The van der Waals surface area contributed by atoms with Crippen LogP contribution in [0.1, 0.15) is 24.1 Å². The van der Waals surface area contributed by atoms with E-state index in [4.69, 9.17) is 22.6 Å². The highest BCUT2D eigenvalue weighted by atomic mass is 35.5. The summed E-state index contributed by atoms with van der Waals surface area (Å²) in [5, 5.41) is 21.2. The molecule has 1 aromatic carbocycles. The number of nitrogens with zero attached hydrogens (tertiary/aromatic N) is 2. The number of hydrogen-bond acceptors (Lipinski definition) is 6. The lowest BCUT2D eigenvalue weighted by atomic mass is 10.1. The van der Waals surface area contributed by atoms with E-state index in [1.165, 1.54) is 11.8 Å². The highest BCUT2D eigenvalue weighted by Crippen LogP contribution is 2.38. The molecule has 2 heterocycles. The molecule has 0 unspecified atom stereocenters. The first-order valence-electron chi connectivity index (χ1n) is 8.24. The number of carbonyl (C=O) groups is 2. The van der Waals surface area contributed by atoms with Gasteiger partial charge < -0.3 is 16.4 Å². The number of rotatable bonds is 6. The Hall–Kier alpha value is -2.70. The van der Waals surface area contributed by atoms with Gasteiger partial charge in [0.1, 0.15) is 11.6 Å². The number of nitrogen functional groups attached to an aromatic ring is 1. The van der Waals surface area contributed by atoms with Gasteiger partial charge >= 0.3 is 0 Å². The molecule has 0 spiro atoms. The normalized spacial score (nSPS) is 15.6. The minimum Gasteiger partial charge on any atom is -0.381 e. The number of fused-ring (bicyclic) bond motifs is 1. The van der Waals surface area contributed by atoms with Gasteiger partial charge in [-0.1, -0.05) is 11.6 Å². The summed E-state index contributed by atoms with van der Waals surface area (Å²) in [6, 6.07) is 7.27. The number of benzene rings is 1. The first-order chi connectivity index (χ1) is 13.0. The zero-order chi connectivity index (χ0) is 19.4. The summed E-state index contributed by atoms with van der Waals surface area (Å²) in [6.07, 6.45) is 1.24. The van der Waals surface area contributed by atoms with Crippen LogP contribution in [-0.4, -0.2) is 33.8 Å². The van der Waals surface area contributed by atoms with Crippen molar-refractivity contribution in [3.8, 4) is 6.07 Å². The van der Waals surface area contributed by atoms with Crippen molar-refractivity contribution in [1.82, 2.24) is 15.5 Å². The Bertz CT molecular complexity index is 923. The second kappa shape index (κ2) is 8.33. The third-order valence-electron chi connectivity index (χ3n) is 4.04. The minimum atomic E-state index is -0.490. The molecule has 3 rings (SSSR count). The number of aromatic nitrogens is 2. The van der Waals surface area contributed by atoms with E-state index in [1.807, 2.05) is 12.1 Å². The molecule has 2 aromatic rings. The van der Waals surface area contributed by atoms with Crippen LogP contribution in [0.15, 0.2) is 23.1 Å². The second-order valence-corrected chi connectivity index (χ2v) is 7.65. The lowest BCUT2D eigenvalue weighted by Gasteiger charge is -2.23. The minimum absolute atomic E-state index is 0.0824. The monoisotopic (exact) mass is 404 g/mol. The molecule has 1 aromatic heterocycles. The molecule has 10 heteroatoms. The van der Waals surface area contributed by atoms with E-state index in [0.717, 1.165) is 4.90 Å². The van der Waals surface area contributed by atoms with Crippen molar-refractivity contribution < 1.29 is 9.59 Å². The van der Waals surface area contributed by atoms with E-state index in [9.17, 15) is 9.59 Å². The number of anilines is 2. The quantitative estimate of drug-likeness (QED) is 0.544. The molecule has 0 saturated heterocycles. The van der Waals surface area contributed by atoms with Gasteiger partial charge in [0.2, 0.25) is 11.8 Å². The first kappa shape index (κ1) is 19.1. The Morgan fingerprint density at radius 2 is 2.30 bits per heavy atom. The molecular weight excluding hydrogens is 388 g/mol. The van der Waals surface area contributed by atoms with E-state index in [1.54, 1.807) is 12.1 Å². The van der Waals surface area contributed by atoms with Gasteiger partial charge in [-0.3, -0.25) is 14.7 Å². The zero-order valence-corrected chi connectivity index (χ0v) is 15.8. The molecule has 0 fully saturated rings. The molecule has 0 saturated carbocycles. The van der Waals surface area contributed by atoms with Gasteiger partial charge in [-0.2, -0.15) is 10.4 Å². The van der Waals surface area contributed by atoms with E-state index in [-0.39, 0.29) is 24.1 Å². The maximum atomic E-state index is 12.2. The Morgan fingerprint density at radius 1 is 1.48 bits per heavy atom. The van der Waals surface area contributed by atoms with Crippen LogP contribution in [0.5, 0.6) is 0 Å². The fourth-order valence-electron chi connectivity index (χ4n) is 2.69. The molecule has 5 N–H and O–H groups in total. The van der Waals surface area contributed by atoms with E-state index in [2.05, 4.69) is 20.8 Å². The number of halogens is 1. The third kappa shape index (κ3) is 4.53. The number of nitrogens with two attached hydrogens (primary N) is 1. The number of nitriles is 1. The number of H-pyrrole nitrogens is 1. The number of amides is 2. The SMILES string of the molecule is N#Cc1c(N)n[nH]c1CCCNC(=O)C[C@H]1Sc2ccc(Cl)cc2NC1=O. The number of carbonyl (C=O) groups excluding carboxylic acids is 2. The standard InChI is InChI=1S/C17H17ClN6O2S/c18-9-3-4-13-12(6-9)22-17(26)14(27-13)7-15(25)21-5-1-2-11-10(8-19)16(20)24-23-11/h3-4,6,14H,1-2,5,7H2,(H,21,25)(H,22,26)(H3,20,23,24)/t14-/m1/s1. The summed E-state index contributed by atoms with van der Waals surface area (Å²) < 4.78 is 0. The summed E-state index contributed by atoms with van der Waals surface area (Å²) in [5.41, 5.74) is 7.25. The van der Waals surface area contributed by atoms with Gasteiger partial charge in [-0.05, 0) is 31.0 Å². The maximum Gasteiger partial charge on any atom is 0.238 e. The van der Waals surface area contributed by atoms with Crippen molar-refractivity contribution >= 4 is 46.7 Å². The summed E-state index contributed by atoms with van der Waals surface area (Å²) >= 11 is 7.28. The van der Waals surface area contributed by atoms with Crippen LogP contribution in [0.25, 0.3) is 0 Å². The van der Waals surface area contributed by atoms with Gasteiger partial charge in [0.25, 0.3) is 0 Å². The van der Waals surface area contributed by atoms with Crippen LogP contribution in [0.3, 0.4) is 0 Å². The van der Waals surface area contributed by atoms with Crippen molar-refractivity contribution in [2.24, 2.45) is 0 Å². The van der Waals surface area contributed by atoms with Crippen molar-refractivity contribution in [2.75, 3.05) is 17.6 Å². The number of thioether (sulfide) groups is 1. The number of hydrogen-bond donors (Lipinski definition) is 4. The van der Waals surface area contributed by atoms with Crippen LogP contribution >= 0.6 is 23.4 Å². The van der Waals surface area contributed by atoms with Crippen LogP contribution in [-0.2, 0) is 16.0 Å². The van der Waals surface area contributed by atoms with Crippen molar-refractivity contribution in [1.29, 1.82) is 5.26 Å². The largest absolute Gasteiger partial charge is 0.381 e. The molecule has 27 heavy (non-hydrogen) atoms. The average Bonchev–Trinajstić information content (AvgIpc) is 2.99. The van der Waals surface area contributed by atoms with Crippen molar-refractivity contribution in [3.05, 3.63) is 34.5 Å². The third-order valence-corrected chi connectivity index (χ3v) is 5.55. The molecule has 1 aliphatic rings. The average molecular weight is 405 g/mol. The number of aromatic amines is 1. The first-order valence-corrected chi connectivity index (χ1v) is 9.50. The van der Waals surface area contributed by atoms with Gasteiger partial charge in [0.15, 0.2) is 5.82 Å². The summed E-state index contributed by atoms with van der Waals surface area (Å²) in [4.78, 5) is 25.2. The summed E-state index contributed by atoms with van der Waals surface area (Å²) in [7, 11) is 0. The van der Waals surface area contributed by atoms with Crippen molar-refractivity contribution in [2.45, 2.75) is 29.4 Å². The smallest absolute Gasteiger partial charge is 0.238 e. The Morgan fingerprint density at radius 3 is 3.07 bits per heavy atom. The van der Waals surface area contributed by atoms with Gasteiger partial charge in [0.05, 0.1) is 16.6 Å². The molecule has 140 valence electrons. The fourth-order valence-corrected chi connectivity index (χ4v) is 3.95. The fraction of sp³-hybridized carbons (Fsp3) is 0.294. The predicted molar refractivity (Wildman–Crippen MR) is 103 cm³/mol. The molecule has 8 nitrogen and oxygen atoms in total. The number of nitrogens with one attached hydrogen (secondary N) is 3. The summed E-state index contributed by atoms with van der Waals surface area (Å²) in [5.74, 6) is -0.236. The molecule has 2 amide bonds.